The fourth-order valence-electron chi connectivity index (χ4n) is 2.79. The van der Waals surface area contributed by atoms with Crippen molar-refractivity contribution in [1.82, 2.24) is 14.8 Å². The molecule has 2 rings (SSSR count). The third-order valence-corrected chi connectivity index (χ3v) is 3.68. The highest BCUT2D eigenvalue weighted by atomic mass is 15.3. The van der Waals surface area contributed by atoms with Gasteiger partial charge in [0.1, 0.15) is 12.2 Å². The summed E-state index contributed by atoms with van der Waals surface area (Å²) in [5.41, 5.74) is 6.11. The van der Waals surface area contributed by atoms with Gasteiger partial charge in [-0.05, 0) is 31.6 Å². The molecule has 0 radical (unpaired) electrons. The molecule has 1 aliphatic carbocycles. The second-order valence-corrected chi connectivity index (χ2v) is 5.25. The van der Waals surface area contributed by atoms with Crippen LogP contribution in [0.5, 0.6) is 0 Å². The van der Waals surface area contributed by atoms with Gasteiger partial charge in [0.25, 0.3) is 0 Å². The van der Waals surface area contributed by atoms with Crippen LogP contribution in [0.15, 0.2) is 6.33 Å². The Balaban J connectivity index is 1.96. The average Bonchev–Trinajstić information content (AvgIpc) is 2.61. The predicted molar refractivity (Wildman–Crippen MR) is 68.6 cm³/mol. The second-order valence-electron chi connectivity index (χ2n) is 5.25. The Morgan fingerprint density at radius 3 is 3.06 bits per heavy atom. The van der Waals surface area contributed by atoms with Gasteiger partial charge in [-0.2, -0.15) is 5.10 Å². The van der Waals surface area contributed by atoms with Crippen LogP contribution in [0.3, 0.4) is 0 Å². The molecule has 0 amide bonds. The number of aryl methyl sites for hydroxylation is 1. The van der Waals surface area contributed by atoms with Crippen LogP contribution < -0.4 is 5.73 Å². The van der Waals surface area contributed by atoms with Crippen molar-refractivity contribution in [2.75, 3.05) is 0 Å². The van der Waals surface area contributed by atoms with Crippen molar-refractivity contribution < 1.29 is 0 Å². The first-order valence-electron chi connectivity index (χ1n) is 6.92. The van der Waals surface area contributed by atoms with Gasteiger partial charge in [-0.15, -0.1) is 0 Å². The molecular formula is C13H24N4. The van der Waals surface area contributed by atoms with Crippen molar-refractivity contribution >= 4 is 0 Å². The van der Waals surface area contributed by atoms with Gasteiger partial charge in [0.15, 0.2) is 0 Å². The molecule has 1 aromatic heterocycles. The van der Waals surface area contributed by atoms with E-state index in [1.807, 2.05) is 0 Å². The first-order valence-corrected chi connectivity index (χ1v) is 6.92. The molecule has 2 unspecified atom stereocenters. The number of hydrogen-bond acceptors (Lipinski definition) is 3. The molecule has 0 bridgehead atoms. The summed E-state index contributed by atoms with van der Waals surface area (Å²) < 4.78 is 2.05. The van der Waals surface area contributed by atoms with E-state index in [2.05, 4.69) is 21.7 Å². The van der Waals surface area contributed by atoms with Crippen LogP contribution in [0, 0.1) is 5.92 Å². The third kappa shape index (κ3) is 3.53. The SMILES string of the molecule is CCCn1ncnc1CC1CCCCC(N)C1. The molecule has 0 aromatic carbocycles. The lowest BCUT2D eigenvalue weighted by Crippen LogP contribution is -2.23. The van der Waals surface area contributed by atoms with Gasteiger partial charge in [0, 0.05) is 19.0 Å². The second kappa shape index (κ2) is 6.15. The summed E-state index contributed by atoms with van der Waals surface area (Å²) in [5.74, 6) is 1.85. The number of hydrogen-bond donors (Lipinski definition) is 1. The summed E-state index contributed by atoms with van der Waals surface area (Å²) >= 11 is 0. The Kier molecular flexibility index (Phi) is 4.54. The van der Waals surface area contributed by atoms with Crippen molar-refractivity contribution in [2.24, 2.45) is 11.7 Å². The van der Waals surface area contributed by atoms with Gasteiger partial charge in [0.05, 0.1) is 0 Å². The largest absolute Gasteiger partial charge is 0.328 e. The summed E-state index contributed by atoms with van der Waals surface area (Å²) in [5, 5.41) is 4.29. The lowest BCUT2D eigenvalue weighted by Gasteiger charge is -2.16. The van der Waals surface area contributed by atoms with Crippen LogP contribution in [-0.2, 0) is 13.0 Å². The van der Waals surface area contributed by atoms with E-state index < -0.39 is 0 Å². The monoisotopic (exact) mass is 236 g/mol. The highest BCUT2D eigenvalue weighted by Gasteiger charge is 2.19. The number of aromatic nitrogens is 3. The van der Waals surface area contributed by atoms with Crippen LogP contribution in [0.1, 0.15) is 51.3 Å². The summed E-state index contributed by atoms with van der Waals surface area (Å²) in [6, 6.07) is 0.394. The van der Waals surface area contributed by atoms with Crippen molar-refractivity contribution in [3.8, 4) is 0 Å². The molecule has 0 spiro atoms. The highest BCUT2D eigenvalue weighted by molar-refractivity contribution is 4.89. The summed E-state index contributed by atoms with van der Waals surface area (Å²) in [4.78, 5) is 4.40. The van der Waals surface area contributed by atoms with Crippen LogP contribution in [0.25, 0.3) is 0 Å². The molecule has 4 heteroatoms. The molecule has 96 valence electrons. The molecule has 1 aliphatic rings. The lowest BCUT2D eigenvalue weighted by atomic mass is 9.94. The molecule has 1 heterocycles. The standard InChI is InChI=1S/C13H24N4/c1-2-7-17-13(15-10-16-17)9-11-5-3-4-6-12(14)8-11/h10-12H,2-9,14H2,1H3. The van der Waals surface area contributed by atoms with E-state index in [0.717, 1.165) is 31.6 Å². The fraction of sp³-hybridized carbons (Fsp3) is 0.846. The summed E-state index contributed by atoms with van der Waals surface area (Å²) in [7, 11) is 0. The van der Waals surface area contributed by atoms with Crippen molar-refractivity contribution in [1.29, 1.82) is 0 Å². The van der Waals surface area contributed by atoms with Crippen LogP contribution >= 0.6 is 0 Å². The zero-order valence-electron chi connectivity index (χ0n) is 10.8. The zero-order valence-corrected chi connectivity index (χ0v) is 10.8. The fourth-order valence-corrected chi connectivity index (χ4v) is 2.79. The Hall–Kier alpha value is -0.900. The average molecular weight is 236 g/mol. The molecule has 2 N–H and O–H groups in total. The highest BCUT2D eigenvalue weighted by Crippen LogP contribution is 2.25. The normalized spacial score (nSPS) is 25.8. The van der Waals surface area contributed by atoms with E-state index in [0.29, 0.717) is 12.0 Å². The molecule has 0 saturated heterocycles. The molecule has 1 fully saturated rings. The number of nitrogens with two attached hydrogens (primary N) is 1. The molecular weight excluding hydrogens is 212 g/mol. The molecule has 4 nitrogen and oxygen atoms in total. The topological polar surface area (TPSA) is 56.7 Å². The zero-order chi connectivity index (χ0) is 12.1. The molecule has 0 aliphatic heterocycles. The maximum atomic E-state index is 6.11. The van der Waals surface area contributed by atoms with Gasteiger partial charge >= 0.3 is 0 Å². The van der Waals surface area contributed by atoms with Crippen molar-refractivity contribution in [2.45, 2.75) is 64.5 Å². The van der Waals surface area contributed by atoms with Crippen LogP contribution in [0.4, 0.5) is 0 Å². The van der Waals surface area contributed by atoms with E-state index >= 15 is 0 Å². The minimum atomic E-state index is 0.394. The third-order valence-electron chi connectivity index (χ3n) is 3.68. The maximum Gasteiger partial charge on any atom is 0.138 e. The minimum absolute atomic E-state index is 0.394. The van der Waals surface area contributed by atoms with Crippen molar-refractivity contribution in [3.05, 3.63) is 12.2 Å². The van der Waals surface area contributed by atoms with Gasteiger partial charge in [-0.1, -0.05) is 19.8 Å². The molecule has 1 aromatic rings. The van der Waals surface area contributed by atoms with E-state index in [-0.39, 0.29) is 0 Å². The maximum absolute atomic E-state index is 6.11. The van der Waals surface area contributed by atoms with Gasteiger partial charge in [-0.25, -0.2) is 4.98 Å². The first kappa shape index (κ1) is 12.6. The van der Waals surface area contributed by atoms with E-state index in [9.17, 15) is 0 Å². The number of rotatable bonds is 4. The summed E-state index contributed by atoms with van der Waals surface area (Å²) in [6.07, 6.45) is 10.1. The van der Waals surface area contributed by atoms with Gasteiger partial charge in [0.2, 0.25) is 0 Å². The van der Waals surface area contributed by atoms with Crippen LogP contribution in [-0.4, -0.2) is 20.8 Å². The lowest BCUT2D eigenvalue weighted by molar-refractivity contribution is 0.410. The Morgan fingerprint density at radius 1 is 1.41 bits per heavy atom. The first-order chi connectivity index (χ1) is 8.29. The van der Waals surface area contributed by atoms with Crippen molar-refractivity contribution in [3.63, 3.8) is 0 Å². The summed E-state index contributed by atoms with van der Waals surface area (Å²) in [6.45, 7) is 3.15. The molecule has 17 heavy (non-hydrogen) atoms. The quantitative estimate of drug-likeness (QED) is 0.815. The molecule has 1 saturated carbocycles. The minimum Gasteiger partial charge on any atom is -0.328 e. The van der Waals surface area contributed by atoms with E-state index in [1.54, 1.807) is 6.33 Å². The Labute approximate surface area is 104 Å². The van der Waals surface area contributed by atoms with Gasteiger partial charge in [-0.3, -0.25) is 4.68 Å². The Bertz CT molecular complexity index is 334. The number of nitrogens with zero attached hydrogens (tertiary/aromatic N) is 3. The van der Waals surface area contributed by atoms with Crippen LogP contribution in [0.2, 0.25) is 0 Å². The Morgan fingerprint density at radius 2 is 2.24 bits per heavy atom. The predicted octanol–water partition coefficient (Wildman–Crippen LogP) is 2.14. The van der Waals surface area contributed by atoms with E-state index in [1.165, 1.54) is 25.7 Å². The van der Waals surface area contributed by atoms with E-state index in [4.69, 9.17) is 5.73 Å². The molecule has 2 atom stereocenters. The smallest absolute Gasteiger partial charge is 0.138 e. The van der Waals surface area contributed by atoms with Gasteiger partial charge < -0.3 is 5.73 Å².